The molecule has 2 N–H and O–H groups in total. The van der Waals surface area contributed by atoms with Gasteiger partial charge in [0.15, 0.2) is 0 Å². The molecule has 0 unspecified atom stereocenters. The molecule has 0 fully saturated rings. The number of pyridine rings is 1. The number of hydrogen-bond acceptors (Lipinski definition) is 5. The predicted octanol–water partition coefficient (Wildman–Crippen LogP) is 2.09. The van der Waals surface area contributed by atoms with Crippen molar-refractivity contribution in [2.24, 2.45) is 0 Å². The number of anilines is 1. The van der Waals surface area contributed by atoms with Crippen LogP contribution < -0.4 is 14.8 Å². The number of hydrogen-bond donors (Lipinski definition) is 2. The molecule has 0 bridgehead atoms. The summed E-state index contributed by atoms with van der Waals surface area (Å²) in [6.45, 7) is 3.04. The first-order valence-electron chi connectivity index (χ1n) is 7.22. The Bertz CT molecular complexity index is 822. The third-order valence-corrected chi connectivity index (χ3v) is 4.79. The molecule has 1 aromatic heterocycles. The second-order valence-corrected chi connectivity index (χ2v) is 6.85. The minimum atomic E-state index is -3.79. The molecule has 0 saturated carbocycles. The van der Waals surface area contributed by atoms with Crippen LogP contribution in [0.3, 0.4) is 0 Å². The molecule has 0 aliphatic heterocycles. The first-order chi connectivity index (χ1) is 11.3. The monoisotopic (exact) mass is 349 g/mol. The molecule has 0 aliphatic rings. The highest BCUT2D eigenvalue weighted by molar-refractivity contribution is 7.89. The zero-order chi connectivity index (χ0) is 17.7. The van der Waals surface area contributed by atoms with Crippen LogP contribution >= 0.6 is 0 Å². The number of carbonyl (C=O) groups excluding carboxylic acids is 1. The first-order valence-corrected chi connectivity index (χ1v) is 8.70. The molecule has 2 rings (SSSR count). The number of ether oxygens (including phenoxy) is 1. The number of carbonyl (C=O) groups is 1. The smallest absolute Gasteiger partial charge is 0.241 e. The summed E-state index contributed by atoms with van der Waals surface area (Å²) in [7, 11) is -2.35. The number of amides is 1. The van der Waals surface area contributed by atoms with Gasteiger partial charge in [-0.1, -0.05) is 6.07 Å². The Labute approximate surface area is 141 Å². The van der Waals surface area contributed by atoms with Crippen molar-refractivity contribution in [1.29, 1.82) is 0 Å². The van der Waals surface area contributed by atoms with Crippen LogP contribution in [-0.4, -0.2) is 26.4 Å². The van der Waals surface area contributed by atoms with Crippen molar-refractivity contribution in [3.63, 3.8) is 0 Å². The zero-order valence-corrected chi connectivity index (χ0v) is 14.4. The largest absolute Gasteiger partial charge is 0.495 e. The first kappa shape index (κ1) is 17.9. The molecule has 2 aromatic rings. The molecule has 128 valence electrons. The lowest BCUT2D eigenvalue weighted by Crippen LogP contribution is -2.27. The Morgan fingerprint density at radius 3 is 2.58 bits per heavy atom. The van der Waals surface area contributed by atoms with Crippen molar-refractivity contribution < 1.29 is 17.9 Å². The Morgan fingerprint density at radius 1 is 1.25 bits per heavy atom. The van der Waals surface area contributed by atoms with E-state index in [1.807, 2.05) is 0 Å². The summed E-state index contributed by atoms with van der Waals surface area (Å²) in [5, 5.41) is 2.55. The second-order valence-electron chi connectivity index (χ2n) is 5.14. The molecule has 1 atom stereocenters. The third-order valence-electron chi connectivity index (χ3n) is 3.26. The van der Waals surface area contributed by atoms with Gasteiger partial charge in [-0.3, -0.25) is 9.78 Å². The van der Waals surface area contributed by atoms with Gasteiger partial charge in [-0.25, -0.2) is 13.1 Å². The highest BCUT2D eigenvalue weighted by Gasteiger charge is 2.20. The Balaban J connectivity index is 2.30. The molecular formula is C16H19N3O4S. The minimum absolute atomic E-state index is 0.0230. The van der Waals surface area contributed by atoms with Crippen LogP contribution in [0.15, 0.2) is 47.5 Å². The average Bonchev–Trinajstić information content (AvgIpc) is 2.54. The van der Waals surface area contributed by atoms with Gasteiger partial charge >= 0.3 is 0 Å². The van der Waals surface area contributed by atoms with Crippen LogP contribution in [0.1, 0.15) is 25.6 Å². The summed E-state index contributed by atoms with van der Waals surface area (Å²) < 4.78 is 32.8. The fourth-order valence-corrected chi connectivity index (χ4v) is 3.38. The van der Waals surface area contributed by atoms with Gasteiger partial charge < -0.3 is 10.1 Å². The van der Waals surface area contributed by atoms with E-state index >= 15 is 0 Å². The Morgan fingerprint density at radius 2 is 2.00 bits per heavy atom. The third kappa shape index (κ3) is 4.30. The molecule has 1 heterocycles. The van der Waals surface area contributed by atoms with E-state index in [4.69, 9.17) is 4.74 Å². The van der Waals surface area contributed by atoms with E-state index < -0.39 is 16.1 Å². The van der Waals surface area contributed by atoms with Crippen molar-refractivity contribution in [3.05, 3.63) is 48.3 Å². The van der Waals surface area contributed by atoms with E-state index in [2.05, 4.69) is 15.0 Å². The SMILES string of the molecule is COc1ccc(S(=O)(=O)N[C@H](C)c2ccccn2)cc1NC(C)=O. The van der Waals surface area contributed by atoms with E-state index in [1.165, 1.54) is 32.2 Å². The number of aromatic nitrogens is 1. The van der Waals surface area contributed by atoms with Crippen LogP contribution in [0.2, 0.25) is 0 Å². The number of nitrogens with zero attached hydrogens (tertiary/aromatic N) is 1. The summed E-state index contributed by atoms with van der Waals surface area (Å²) in [4.78, 5) is 15.4. The van der Waals surface area contributed by atoms with Crippen molar-refractivity contribution in [2.75, 3.05) is 12.4 Å². The molecule has 1 aromatic carbocycles. The fourth-order valence-electron chi connectivity index (χ4n) is 2.13. The Kier molecular flexibility index (Phi) is 5.53. The Hall–Kier alpha value is -2.45. The highest BCUT2D eigenvalue weighted by atomic mass is 32.2. The maximum absolute atomic E-state index is 12.6. The molecule has 0 spiro atoms. The molecule has 7 nitrogen and oxygen atoms in total. The number of methoxy groups -OCH3 is 1. The molecule has 1 amide bonds. The normalized spacial score (nSPS) is 12.5. The van der Waals surface area contributed by atoms with Gasteiger partial charge in [0.05, 0.1) is 29.4 Å². The lowest BCUT2D eigenvalue weighted by atomic mass is 10.2. The van der Waals surface area contributed by atoms with E-state index in [9.17, 15) is 13.2 Å². The van der Waals surface area contributed by atoms with Crippen LogP contribution in [0.5, 0.6) is 5.75 Å². The average molecular weight is 349 g/mol. The van der Waals surface area contributed by atoms with Gasteiger partial charge in [0, 0.05) is 13.1 Å². The fraction of sp³-hybridized carbons (Fsp3) is 0.250. The van der Waals surface area contributed by atoms with Gasteiger partial charge in [0.1, 0.15) is 5.75 Å². The van der Waals surface area contributed by atoms with E-state index in [1.54, 1.807) is 31.3 Å². The van der Waals surface area contributed by atoms with Crippen LogP contribution in [0.25, 0.3) is 0 Å². The molecule has 0 aliphatic carbocycles. The zero-order valence-electron chi connectivity index (χ0n) is 13.6. The van der Waals surface area contributed by atoms with Crippen molar-refractivity contribution in [3.8, 4) is 5.75 Å². The van der Waals surface area contributed by atoms with Gasteiger partial charge in [-0.15, -0.1) is 0 Å². The van der Waals surface area contributed by atoms with Gasteiger partial charge in [0.2, 0.25) is 15.9 Å². The maximum atomic E-state index is 12.6. The van der Waals surface area contributed by atoms with Crippen molar-refractivity contribution in [1.82, 2.24) is 9.71 Å². The summed E-state index contributed by atoms with van der Waals surface area (Å²) in [6, 6.07) is 9.05. The van der Waals surface area contributed by atoms with Gasteiger partial charge in [-0.2, -0.15) is 0 Å². The number of benzene rings is 1. The van der Waals surface area contributed by atoms with Crippen molar-refractivity contribution >= 4 is 21.6 Å². The summed E-state index contributed by atoms with van der Waals surface area (Å²) in [6.07, 6.45) is 1.60. The topological polar surface area (TPSA) is 97.4 Å². The lowest BCUT2D eigenvalue weighted by molar-refractivity contribution is -0.114. The predicted molar refractivity (Wildman–Crippen MR) is 90.3 cm³/mol. The highest BCUT2D eigenvalue weighted by Crippen LogP contribution is 2.28. The van der Waals surface area contributed by atoms with Gasteiger partial charge in [-0.05, 0) is 37.3 Å². The molecule has 0 radical (unpaired) electrons. The minimum Gasteiger partial charge on any atom is -0.495 e. The molecule has 8 heteroatoms. The summed E-state index contributed by atoms with van der Waals surface area (Å²) in [5.41, 5.74) is 0.898. The van der Waals surface area contributed by atoms with Gasteiger partial charge in [0.25, 0.3) is 0 Å². The molecule has 24 heavy (non-hydrogen) atoms. The van der Waals surface area contributed by atoms with E-state index in [0.717, 1.165) is 0 Å². The van der Waals surface area contributed by atoms with Crippen molar-refractivity contribution in [2.45, 2.75) is 24.8 Å². The summed E-state index contributed by atoms with van der Waals surface area (Å²) in [5.74, 6) is 0.0552. The lowest BCUT2D eigenvalue weighted by Gasteiger charge is -2.15. The van der Waals surface area contributed by atoms with Crippen LogP contribution in [0, 0.1) is 0 Å². The van der Waals surface area contributed by atoms with Crippen LogP contribution in [-0.2, 0) is 14.8 Å². The van der Waals surface area contributed by atoms with Crippen LogP contribution in [0.4, 0.5) is 5.69 Å². The number of rotatable bonds is 6. The maximum Gasteiger partial charge on any atom is 0.241 e. The quantitative estimate of drug-likeness (QED) is 0.832. The molecular weight excluding hydrogens is 330 g/mol. The standard InChI is InChI=1S/C16H19N3O4S/c1-11(14-6-4-5-9-17-14)19-24(21,22)13-7-8-16(23-3)15(10-13)18-12(2)20/h4-11,19H,1-3H3,(H,18,20)/t11-/m1/s1. The molecule has 0 saturated heterocycles. The number of nitrogens with one attached hydrogen (secondary N) is 2. The van der Waals surface area contributed by atoms with E-state index in [-0.39, 0.29) is 10.8 Å². The second kappa shape index (κ2) is 7.41. The summed E-state index contributed by atoms with van der Waals surface area (Å²) >= 11 is 0. The van der Waals surface area contributed by atoms with E-state index in [0.29, 0.717) is 17.1 Å². The number of sulfonamides is 1.